The summed E-state index contributed by atoms with van der Waals surface area (Å²) in [4.78, 5) is 16.1. The molecule has 122 valence electrons. The van der Waals surface area contributed by atoms with E-state index in [1.807, 2.05) is 37.3 Å². The number of aromatic nitrogens is 1. The summed E-state index contributed by atoms with van der Waals surface area (Å²) in [6.45, 7) is 6.27. The van der Waals surface area contributed by atoms with E-state index in [9.17, 15) is 4.79 Å². The highest BCUT2D eigenvalue weighted by molar-refractivity contribution is 5.78. The summed E-state index contributed by atoms with van der Waals surface area (Å²) >= 11 is 0. The molecule has 0 aliphatic carbocycles. The summed E-state index contributed by atoms with van der Waals surface area (Å²) in [5.41, 5.74) is 2.17. The minimum absolute atomic E-state index is 0.0167. The average molecular weight is 312 g/mol. The summed E-state index contributed by atoms with van der Waals surface area (Å²) < 4.78 is 5.73. The molecule has 1 N–H and O–H groups in total. The Morgan fingerprint density at radius 1 is 1.17 bits per heavy atom. The van der Waals surface area contributed by atoms with Crippen molar-refractivity contribution in [2.45, 2.75) is 39.2 Å². The molecule has 1 heterocycles. The molecule has 0 saturated carbocycles. The van der Waals surface area contributed by atoms with Crippen LogP contribution in [0.5, 0.6) is 5.75 Å². The Bertz CT molecular complexity index is 628. The van der Waals surface area contributed by atoms with Crippen LogP contribution in [0.3, 0.4) is 0 Å². The van der Waals surface area contributed by atoms with Crippen LogP contribution < -0.4 is 10.1 Å². The van der Waals surface area contributed by atoms with Crippen molar-refractivity contribution >= 4 is 5.91 Å². The number of hydrogen-bond acceptors (Lipinski definition) is 3. The molecule has 2 aromatic rings. The topological polar surface area (TPSA) is 51.2 Å². The van der Waals surface area contributed by atoms with Gasteiger partial charge in [-0.1, -0.05) is 32.0 Å². The molecular weight excluding hydrogens is 288 g/mol. The number of amides is 1. The normalized spacial score (nSPS) is 13.2. The van der Waals surface area contributed by atoms with E-state index in [0.29, 0.717) is 5.92 Å². The van der Waals surface area contributed by atoms with Gasteiger partial charge in [-0.2, -0.15) is 0 Å². The summed E-state index contributed by atoms with van der Waals surface area (Å²) in [6, 6.07) is 11.6. The van der Waals surface area contributed by atoms with Crippen molar-refractivity contribution in [3.63, 3.8) is 0 Å². The molecule has 0 aliphatic heterocycles. The van der Waals surface area contributed by atoms with Crippen LogP contribution in [-0.4, -0.2) is 17.5 Å². The zero-order valence-corrected chi connectivity index (χ0v) is 14.0. The maximum atomic E-state index is 12.1. The third-order valence-electron chi connectivity index (χ3n) is 4.00. The van der Waals surface area contributed by atoms with Crippen LogP contribution in [0.25, 0.3) is 0 Å². The zero-order valence-electron chi connectivity index (χ0n) is 14.0. The van der Waals surface area contributed by atoms with Crippen molar-refractivity contribution in [3.05, 3.63) is 59.9 Å². The number of ether oxygens (including phenoxy) is 1. The largest absolute Gasteiger partial charge is 0.483 e. The Hall–Kier alpha value is -2.36. The highest BCUT2D eigenvalue weighted by atomic mass is 16.5. The molecule has 1 aromatic carbocycles. The molecule has 2 unspecified atom stereocenters. The number of benzene rings is 1. The number of para-hydroxylation sites is 1. The summed E-state index contributed by atoms with van der Waals surface area (Å²) in [5, 5.41) is 2.94. The third kappa shape index (κ3) is 4.81. The first-order valence-electron chi connectivity index (χ1n) is 8.02. The molecule has 0 spiro atoms. The maximum Gasteiger partial charge on any atom is 0.258 e. The molecule has 1 amide bonds. The molecule has 0 fully saturated rings. The van der Waals surface area contributed by atoms with Crippen LogP contribution >= 0.6 is 0 Å². The molecule has 2 rings (SSSR count). The molecule has 4 nitrogen and oxygen atoms in total. The quantitative estimate of drug-likeness (QED) is 0.845. The van der Waals surface area contributed by atoms with Gasteiger partial charge in [-0.15, -0.1) is 0 Å². The van der Waals surface area contributed by atoms with Crippen LogP contribution in [0.15, 0.2) is 48.8 Å². The lowest BCUT2D eigenvalue weighted by Gasteiger charge is -2.17. The average Bonchev–Trinajstić information content (AvgIpc) is 2.60. The van der Waals surface area contributed by atoms with Gasteiger partial charge in [-0.05, 0) is 48.6 Å². The molecule has 0 bridgehead atoms. The summed E-state index contributed by atoms with van der Waals surface area (Å²) in [5.74, 6) is 1.06. The summed E-state index contributed by atoms with van der Waals surface area (Å²) in [6.07, 6.45) is 4.47. The molecule has 2 atom stereocenters. The fourth-order valence-corrected chi connectivity index (χ4v) is 2.40. The Morgan fingerprint density at radius 2 is 1.87 bits per heavy atom. The summed E-state index contributed by atoms with van der Waals surface area (Å²) in [7, 11) is 0. The van der Waals surface area contributed by atoms with Gasteiger partial charge in [-0.25, -0.2) is 0 Å². The lowest BCUT2D eigenvalue weighted by atomic mass is 9.98. The van der Waals surface area contributed by atoms with Crippen molar-refractivity contribution in [1.29, 1.82) is 0 Å². The number of carbonyl (C=O) groups is 1. The standard InChI is InChI=1S/C19H24N2O2/c1-4-14(2)17-7-5-6-8-18(17)23-13-19(22)21-15(3)16-9-11-20-12-10-16/h5-12,14-15H,4,13H2,1-3H3,(H,21,22). The van der Waals surface area contributed by atoms with E-state index < -0.39 is 0 Å². The maximum absolute atomic E-state index is 12.1. The number of nitrogens with one attached hydrogen (secondary N) is 1. The van der Waals surface area contributed by atoms with Crippen LogP contribution in [0.4, 0.5) is 0 Å². The second-order valence-electron chi connectivity index (χ2n) is 5.71. The molecule has 0 aliphatic rings. The van der Waals surface area contributed by atoms with E-state index in [2.05, 4.69) is 30.2 Å². The van der Waals surface area contributed by atoms with E-state index in [0.717, 1.165) is 23.3 Å². The molecule has 4 heteroatoms. The zero-order chi connectivity index (χ0) is 16.7. The molecular formula is C19H24N2O2. The van der Waals surface area contributed by atoms with E-state index in [1.165, 1.54) is 0 Å². The van der Waals surface area contributed by atoms with Crippen molar-refractivity contribution in [2.75, 3.05) is 6.61 Å². The lowest BCUT2D eigenvalue weighted by molar-refractivity contribution is -0.123. The van der Waals surface area contributed by atoms with Crippen molar-refractivity contribution in [2.24, 2.45) is 0 Å². The van der Waals surface area contributed by atoms with Gasteiger partial charge in [0.1, 0.15) is 5.75 Å². The van der Waals surface area contributed by atoms with Crippen LogP contribution in [0.1, 0.15) is 50.3 Å². The fraction of sp³-hybridized carbons (Fsp3) is 0.368. The van der Waals surface area contributed by atoms with E-state index in [1.54, 1.807) is 12.4 Å². The monoisotopic (exact) mass is 312 g/mol. The van der Waals surface area contributed by atoms with Gasteiger partial charge in [0.25, 0.3) is 5.91 Å². The van der Waals surface area contributed by atoms with Gasteiger partial charge in [0.2, 0.25) is 0 Å². The van der Waals surface area contributed by atoms with Crippen molar-refractivity contribution in [1.82, 2.24) is 10.3 Å². The van der Waals surface area contributed by atoms with Crippen LogP contribution in [0, 0.1) is 0 Å². The smallest absolute Gasteiger partial charge is 0.258 e. The van der Waals surface area contributed by atoms with Crippen LogP contribution in [-0.2, 0) is 4.79 Å². The predicted octanol–water partition coefficient (Wildman–Crippen LogP) is 3.85. The van der Waals surface area contributed by atoms with Crippen molar-refractivity contribution < 1.29 is 9.53 Å². The second kappa shape index (κ2) is 8.32. The Balaban J connectivity index is 1.92. The SMILES string of the molecule is CCC(C)c1ccccc1OCC(=O)NC(C)c1ccncc1. The van der Waals surface area contributed by atoms with E-state index in [-0.39, 0.29) is 18.6 Å². The van der Waals surface area contributed by atoms with Gasteiger partial charge in [-0.3, -0.25) is 9.78 Å². The van der Waals surface area contributed by atoms with Gasteiger partial charge in [0.15, 0.2) is 6.61 Å². The third-order valence-corrected chi connectivity index (χ3v) is 4.00. The van der Waals surface area contributed by atoms with Gasteiger partial charge in [0.05, 0.1) is 6.04 Å². The lowest BCUT2D eigenvalue weighted by Crippen LogP contribution is -2.31. The number of carbonyl (C=O) groups excluding carboxylic acids is 1. The molecule has 23 heavy (non-hydrogen) atoms. The molecule has 1 aromatic heterocycles. The number of pyridine rings is 1. The first-order valence-corrected chi connectivity index (χ1v) is 8.02. The number of nitrogens with zero attached hydrogens (tertiary/aromatic N) is 1. The number of hydrogen-bond donors (Lipinski definition) is 1. The minimum atomic E-state index is -0.131. The number of rotatable bonds is 7. The second-order valence-corrected chi connectivity index (χ2v) is 5.71. The van der Waals surface area contributed by atoms with Gasteiger partial charge >= 0.3 is 0 Å². The van der Waals surface area contributed by atoms with E-state index >= 15 is 0 Å². The first kappa shape index (κ1) is 17.0. The fourth-order valence-electron chi connectivity index (χ4n) is 2.40. The highest BCUT2D eigenvalue weighted by Crippen LogP contribution is 2.28. The first-order chi connectivity index (χ1) is 11.1. The van der Waals surface area contributed by atoms with Gasteiger partial charge < -0.3 is 10.1 Å². The Morgan fingerprint density at radius 3 is 2.57 bits per heavy atom. The van der Waals surface area contributed by atoms with E-state index in [4.69, 9.17) is 4.74 Å². The van der Waals surface area contributed by atoms with Gasteiger partial charge in [0, 0.05) is 12.4 Å². The highest BCUT2D eigenvalue weighted by Gasteiger charge is 2.13. The Kier molecular flexibility index (Phi) is 6.15. The Labute approximate surface area is 137 Å². The minimum Gasteiger partial charge on any atom is -0.483 e. The van der Waals surface area contributed by atoms with Crippen molar-refractivity contribution in [3.8, 4) is 5.75 Å². The predicted molar refractivity (Wildman–Crippen MR) is 91.4 cm³/mol. The molecule has 0 radical (unpaired) electrons. The van der Waals surface area contributed by atoms with Crippen LogP contribution in [0.2, 0.25) is 0 Å². The molecule has 0 saturated heterocycles.